The average Bonchev–Trinajstić information content (AvgIpc) is 2.93. The lowest BCUT2D eigenvalue weighted by Crippen LogP contribution is -2.37. The van der Waals surface area contributed by atoms with Crippen LogP contribution in [0.4, 0.5) is 0 Å². The molecule has 0 atom stereocenters. The van der Waals surface area contributed by atoms with Crippen LogP contribution in [0, 0.1) is 6.92 Å². The standard InChI is InChI=1S/C14H19N3O2S2/c1-4-17(3)21(18,19)15-9-13-10-20-14(16-13)12-7-5-6-11(2)8-12/h5-8,10,15H,4,9H2,1-3H3. The van der Waals surface area contributed by atoms with E-state index in [0.29, 0.717) is 6.54 Å². The van der Waals surface area contributed by atoms with Gasteiger partial charge in [-0.25, -0.2) is 4.98 Å². The summed E-state index contributed by atoms with van der Waals surface area (Å²) >= 11 is 1.52. The van der Waals surface area contributed by atoms with E-state index in [1.165, 1.54) is 21.2 Å². The first-order valence-corrected chi connectivity index (χ1v) is 8.96. The molecule has 0 amide bonds. The highest BCUT2D eigenvalue weighted by Gasteiger charge is 2.15. The highest BCUT2D eigenvalue weighted by atomic mass is 32.2. The molecule has 7 heteroatoms. The molecule has 1 heterocycles. The Kier molecular flexibility index (Phi) is 5.10. The van der Waals surface area contributed by atoms with Crippen LogP contribution < -0.4 is 4.72 Å². The third-order valence-corrected chi connectivity index (χ3v) is 5.64. The van der Waals surface area contributed by atoms with Gasteiger partial charge in [0.2, 0.25) is 0 Å². The molecule has 0 saturated heterocycles. The average molecular weight is 325 g/mol. The maximum Gasteiger partial charge on any atom is 0.279 e. The van der Waals surface area contributed by atoms with Crippen molar-refractivity contribution in [3.05, 3.63) is 40.9 Å². The maximum absolute atomic E-state index is 11.8. The van der Waals surface area contributed by atoms with Crippen LogP contribution in [-0.4, -0.2) is 31.3 Å². The van der Waals surface area contributed by atoms with Crippen molar-refractivity contribution in [3.63, 3.8) is 0 Å². The van der Waals surface area contributed by atoms with Crippen molar-refractivity contribution in [2.45, 2.75) is 20.4 Å². The summed E-state index contributed by atoms with van der Waals surface area (Å²) in [6, 6.07) is 8.10. The zero-order valence-electron chi connectivity index (χ0n) is 12.3. The first-order chi connectivity index (χ1) is 9.92. The Morgan fingerprint density at radius 1 is 1.38 bits per heavy atom. The van der Waals surface area contributed by atoms with Gasteiger partial charge in [0.05, 0.1) is 12.2 Å². The molecule has 0 saturated carbocycles. The van der Waals surface area contributed by atoms with Crippen molar-refractivity contribution >= 4 is 21.5 Å². The molecule has 0 spiro atoms. The van der Waals surface area contributed by atoms with Gasteiger partial charge in [-0.05, 0) is 13.0 Å². The lowest BCUT2D eigenvalue weighted by molar-refractivity contribution is 0.473. The molecule has 2 rings (SSSR count). The van der Waals surface area contributed by atoms with Crippen molar-refractivity contribution in [3.8, 4) is 10.6 Å². The molecule has 2 aromatic rings. The normalized spacial score (nSPS) is 12.0. The van der Waals surface area contributed by atoms with Gasteiger partial charge in [0, 0.05) is 24.5 Å². The number of aromatic nitrogens is 1. The van der Waals surface area contributed by atoms with E-state index in [1.807, 2.05) is 30.5 Å². The number of benzene rings is 1. The van der Waals surface area contributed by atoms with Crippen LogP contribution in [0.15, 0.2) is 29.6 Å². The number of rotatable bonds is 6. The second-order valence-electron chi connectivity index (χ2n) is 4.75. The van der Waals surface area contributed by atoms with E-state index in [4.69, 9.17) is 0 Å². The van der Waals surface area contributed by atoms with Crippen LogP contribution >= 0.6 is 11.3 Å². The summed E-state index contributed by atoms with van der Waals surface area (Å²) in [5.74, 6) is 0. The fourth-order valence-electron chi connectivity index (χ4n) is 1.74. The molecule has 1 N–H and O–H groups in total. The summed E-state index contributed by atoms with van der Waals surface area (Å²) in [4.78, 5) is 4.48. The Morgan fingerprint density at radius 2 is 2.14 bits per heavy atom. The van der Waals surface area contributed by atoms with Crippen LogP contribution in [-0.2, 0) is 16.8 Å². The van der Waals surface area contributed by atoms with E-state index in [2.05, 4.69) is 15.8 Å². The summed E-state index contributed by atoms with van der Waals surface area (Å²) in [7, 11) is -1.88. The molecule has 1 aromatic heterocycles. The Bertz CT molecular complexity index is 711. The van der Waals surface area contributed by atoms with Crippen LogP contribution in [0.3, 0.4) is 0 Å². The van der Waals surface area contributed by atoms with E-state index in [0.717, 1.165) is 16.3 Å². The Labute approximate surface area is 129 Å². The van der Waals surface area contributed by atoms with Crippen LogP contribution in [0.2, 0.25) is 0 Å². The predicted molar refractivity (Wildman–Crippen MR) is 86.4 cm³/mol. The van der Waals surface area contributed by atoms with Crippen LogP contribution in [0.5, 0.6) is 0 Å². The second kappa shape index (κ2) is 6.65. The highest BCUT2D eigenvalue weighted by molar-refractivity contribution is 7.87. The van der Waals surface area contributed by atoms with E-state index < -0.39 is 10.2 Å². The molecular weight excluding hydrogens is 306 g/mol. The molecule has 114 valence electrons. The van der Waals surface area contributed by atoms with Crippen molar-refractivity contribution in [2.75, 3.05) is 13.6 Å². The molecular formula is C14H19N3O2S2. The van der Waals surface area contributed by atoms with Gasteiger partial charge >= 0.3 is 0 Å². The Balaban J connectivity index is 2.08. The summed E-state index contributed by atoms with van der Waals surface area (Å²) in [5, 5.41) is 2.78. The minimum Gasteiger partial charge on any atom is -0.240 e. The van der Waals surface area contributed by atoms with Gasteiger partial charge in [0.1, 0.15) is 5.01 Å². The molecule has 0 aliphatic rings. The monoisotopic (exact) mass is 325 g/mol. The van der Waals surface area contributed by atoms with Crippen molar-refractivity contribution in [2.24, 2.45) is 0 Å². The van der Waals surface area contributed by atoms with Crippen molar-refractivity contribution in [1.29, 1.82) is 0 Å². The molecule has 0 aliphatic carbocycles. The molecule has 0 fully saturated rings. The molecule has 0 radical (unpaired) electrons. The molecule has 1 aromatic carbocycles. The number of hydrogen-bond donors (Lipinski definition) is 1. The lowest BCUT2D eigenvalue weighted by atomic mass is 10.1. The summed E-state index contributed by atoms with van der Waals surface area (Å²) in [5.41, 5.74) is 2.96. The van der Waals surface area contributed by atoms with E-state index >= 15 is 0 Å². The van der Waals surface area contributed by atoms with Crippen LogP contribution in [0.25, 0.3) is 10.6 Å². The van der Waals surface area contributed by atoms with E-state index in [1.54, 1.807) is 14.0 Å². The van der Waals surface area contributed by atoms with Gasteiger partial charge in [-0.15, -0.1) is 11.3 Å². The number of thiazole rings is 1. The Hall–Kier alpha value is -1.28. The molecule has 0 bridgehead atoms. The zero-order chi connectivity index (χ0) is 15.5. The summed E-state index contributed by atoms with van der Waals surface area (Å²) < 4.78 is 27.5. The largest absolute Gasteiger partial charge is 0.279 e. The van der Waals surface area contributed by atoms with Crippen LogP contribution in [0.1, 0.15) is 18.2 Å². The van der Waals surface area contributed by atoms with Crippen molar-refractivity contribution < 1.29 is 8.42 Å². The predicted octanol–water partition coefficient (Wildman–Crippen LogP) is 2.40. The fourth-order valence-corrected chi connectivity index (χ4v) is 3.45. The minimum atomic E-state index is -3.42. The smallest absolute Gasteiger partial charge is 0.240 e. The van der Waals surface area contributed by atoms with Gasteiger partial charge in [-0.3, -0.25) is 0 Å². The second-order valence-corrected chi connectivity index (χ2v) is 7.47. The van der Waals surface area contributed by atoms with Gasteiger partial charge in [0.15, 0.2) is 0 Å². The number of nitrogens with one attached hydrogen (secondary N) is 1. The van der Waals surface area contributed by atoms with Gasteiger partial charge in [0.25, 0.3) is 10.2 Å². The fraction of sp³-hybridized carbons (Fsp3) is 0.357. The summed E-state index contributed by atoms with van der Waals surface area (Å²) in [6.45, 7) is 4.46. The third-order valence-electron chi connectivity index (χ3n) is 3.11. The molecule has 0 aliphatic heterocycles. The Morgan fingerprint density at radius 3 is 2.81 bits per heavy atom. The SMILES string of the molecule is CCN(C)S(=O)(=O)NCc1csc(-c2cccc(C)c2)n1. The van der Waals surface area contributed by atoms with E-state index in [-0.39, 0.29) is 6.54 Å². The highest BCUT2D eigenvalue weighted by Crippen LogP contribution is 2.24. The van der Waals surface area contributed by atoms with E-state index in [9.17, 15) is 8.42 Å². The molecule has 5 nitrogen and oxygen atoms in total. The quantitative estimate of drug-likeness (QED) is 0.887. The lowest BCUT2D eigenvalue weighted by Gasteiger charge is -2.14. The zero-order valence-corrected chi connectivity index (χ0v) is 14.0. The number of aryl methyl sites for hydroxylation is 1. The first-order valence-electron chi connectivity index (χ1n) is 6.64. The van der Waals surface area contributed by atoms with Gasteiger partial charge in [-0.1, -0.05) is 30.7 Å². The molecule has 21 heavy (non-hydrogen) atoms. The van der Waals surface area contributed by atoms with Crippen molar-refractivity contribution in [1.82, 2.24) is 14.0 Å². The third kappa shape index (κ3) is 4.10. The first kappa shape index (κ1) is 16.1. The topological polar surface area (TPSA) is 62.3 Å². The van der Waals surface area contributed by atoms with Gasteiger partial charge < -0.3 is 0 Å². The number of hydrogen-bond acceptors (Lipinski definition) is 4. The van der Waals surface area contributed by atoms with Gasteiger partial charge in [-0.2, -0.15) is 17.4 Å². The molecule has 0 unspecified atom stereocenters. The minimum absolute atomic E-state index is 0.203. The number of nitrogens with zero attached hydrogens (tertiary/aromatic N) is 2. The summed E-state index contributed by atoms with van der Waals surface area (Å²) in [6.07, 6.45) is 0. The maximum atomic E-state index is 11.8.